The lowest BCUT2D eigenvalue weighted by atomic mass is 9.75. The molecule has 0 N–H and O–H groups in total. The maximum atomic E-state index is 4.11. The molecule has 3 unspecified atom stereocenters. The van der Waals surface area contributed by atoms with E-state index in [0.29, 0.717) is 11.8 Å². The third-order valence-corrected chi connectivity index (χ3v) is 7.90. The SMILES string of the molecule is C=CC(C)(CCCC(C)c1ccc([Si](C)(C)C)cc1)CC(C)C(=C)C. The van der Waals surface area contributed by atoms with Gasteiger partial charge in [-0.2, -0.15) is 0 Å². The van der Waals surface area contributed by atoms with Gasteiger partial charge in [0, 0.05) is 0 Å². The molecule has 1 aromatic rings. The Morgan fingerprint density at radius 2 is 1.72 bits per heavy atom. The first-order valence-electron chi connectivity index (χ1n) is 9.88. The molecule has 25 heavy (non-hydrogen) atoms. The molecule has 140 valence electrons. The molecule has 0 fully saturated rings. The molecule has 0 radical (unpaired) electrons. The molecule has 1 rings (SSSR count). The van der Waals surface area contributed by atoms with Gasteiger partial charge in [-0.3, -0.25) is 0 Å². The Labute approximate surface area is 158 Å². The second kappa shape index (κ2) is 9.03. The van der Waals surface area contributed by atoms with Crippen molar-refractivity contribution in [1.82, 2.24) is 0 Å². The predicted molar refractivity (Wildman–Crippen MR) is 119 cm³/mol. The summed E-state index contributed by atoms with van der Waals surface area (Å²) in [5.41, 5.74) is 2.99. The molecule has 0 amide bonds. The van der Waals surface area contributed by atoms with Crippen LogP contribution < -0.4 is 5.19 Å². The summed E-state index contributed by atoms with van der Waals surface area (Å²) >= 11 is 0. The highest BCUT2D eigenvalue weighted by Crippen LogP contribution is 2.36. The summed E-state index contributed by atoms with van der Waals surface area (Å²) in [6, 6.07) is 9.43. The van der Waals surface area contributed by atoms with Crippen molar-refractivity contribution in [3.63, 3.8) is 0 Å². The van der Waals surface area contributed by atoms with Crippen molar-refractivity contribution >= 4 is 13.3 Å². The summed E-state index contributed by atoms with van der Waals surface area (Å²) in [4.78, 5) is 0. The van der Waals surface area contributed by atoms with Crippen LogP contribution in [0, 0.1) is 11.3 Å². The maximum Gasteiger partial charge on any atom is 0.0775 e. The van der Waals surface area contributed by atoms with Gasteiger partial charge in [0.25, 0.3) is 0 Å². The van der Waals surface area contributed by atoms with E-state index >= 15 is 0 Å². The Balaban J connectivity index is 2.59. The summed E-state index contributed by atoms with van der Waals surface area (Å²) < 4.78 is 0. The van der Waals surface area contributed by atoms with E-state index < -0.39 is 8.07 Å². The summed E-state index contributed by atoms with van der Waals surface area (Å²) in [5, 5.41) is 1.55. The van der Waals surface area contributed by atoms with Gasteiger partial charge in [0.15, 0.2) is 0 Å². The van der Waals surface area contributed by atoms with Crippen molar-refractivity contribution < 1.29 is 0 Å². The van der Waals surface area contributed by atoms with Gasteiger partial charge in [-0.15, -0.1) is 6.58 Å². The molecule has 0 aliphatic carbocycles. The highest BCUT2D eigenvalue weighted by atomic mass is 28.3. The highest BCUT2D eigenvalue weighted by molar-refractivity contribution is 6.88. The maximum absolute atomic E-state index is 4.11. The second-order valence-corrected chi connectivity index (χ2v) is 14.6. The minimum atomic E-state index is -1.19. The second-order valence-electron chi connectivity index (χ2n) is 9.47. The molecule has 0 aliphatic heterocycles. The fraction of sp³-hybridized carbons (Fsp3) is 0.583. The molecular weight excluding hydrogens is 316 g/mol. The zero-order valence-electron chi connectivity index (χ0n) is 17.8. The molecule has 1 heteroatoms. The summed E-state index contributed by atoms with van der Waals surface area (Å²) in [7, 11) is -1.19. The smallest absolute Gasteiger partial charge is 0.0775 e. The van der Waals surface area contributed by atoms with E-state index in [4.69, 9.17) is 0 Å². The van der Waals surface area contributed by atoms with Crippen LogP contribution in [-0.4, -0.2) is 8.07 Å². The van der Waals surface area contributed by atoms with Crippen molar-refractivity contribution in [2.45, 2.75) is 78.9 Å². The summed E-state index contributed by atoms with van der Waals surface area (Å²) in [6.45, 7) is 24.6. The van der Waals surface area contributed by atoms with Gasteiger partial charge in [0.1, 0.15) is 0 Å². The zero-order valence-corrected chi connectivity index (χ0v) is 18.8. The van der Waals surface area contributed by atoms with Gasteiger partial charge in [-0.05, 0) is 49.0 Å². The largest absolute Gasteiger partial charge is 0.103 e. The molecule has 0 bridgehead atoms. The lowest BCUT2D eigenvalue weighted by Crippen LogP contribution is -2.37. The number of rotatable bonds is 10. The topological polar surface area (TPSA) is 0 Å². The molecule has 0 spiro atoms. The van der Waals surface area contributed by atoms with Crippen molar-refractivity contribution in [2.75, 3.05) is 0 Å². The number of hydrogen-bond donors (Lipinski definition) is 0. The Morgan fingerprint density at radius 3 is 2.16 bits per heavy atom. The zero-order chi connectivity index (χ0) is 19.3. The van der Waals surface area contributed by atoms with E-state index in [0.717, 1.165) is 6.42 Å². The van der Waals surface area contributed by atoms with Crippen molar-refractivity contribution in [3.8, 4) is 0 Å². The molecule has 0 aromatic heterocycles. The van der Waals surface area contributed by atoms with Crippen LogP contribution in [0.25, 0.3) is 0 Å². The predicted octanol–water partition coefficient (Wildman–Crippen LogP) is 7.30. The van der Waals surface area contributed by atoms with Crippen molar-refractivity contribution in [3.05, 3.63) is 54.6 Å². The third kappa shape index (κ3) is 6.97. The van der Waals surface area contributed by atoms with Gasteiger partial charge in [-0.25, -0.2) is 0 Å². The molecule has 0 nitrogen and oxygen atoms in total. The molecule has 0 aliphatic rings. The molecule has 0 saturated heterocycles. The van der Waals surface area contributed by atoms with E-state index in [1.54, 1.807) is 5.19 Å². The normalized spacial score (nSPS) is 16.8. The van der Waals surface area contributed by atoms with Crippen LogP contribution in [0.5, 0.6) is 0 Å². The summed E-state index contributed by atoms with van der Waals surface area (Å²) in [5.74, 6) is 1.19. The van der Waals surface area contributed by atoms with Crippen molar-refractivity contribution in [1.29, 1.82) is 0 Å². The van der Waals surface area contributed by atoms with Gasteiger partial charge in [-0.1, -0.05) is 94.5 Å². The average molecular weight is 357 g/mol. The molecule has 0 saturated carbocycles. The van der Waals surface area contributed by atoms with Crippen LogP contribution in [-0.2, 0) is 0 Å². The Hall–Kier alpha value is -1.08. The van der Waals surface area contributed by atoms with E-state index in [-0.39, 0.29) is 5.41 Å². The number of hydrogen-bond acceptors (Lipinski definition) is 0. The van der Waals surface area contributed by atoms with E-state index in [2.05, 4.69) is 90.8 Å². The quantitative estimate of drug-likeness (QED) is 0.305. The Morgan fingerprint density at radius 1 is 1.16 bits per heavy atom. The molecular formula is C24H40Si. The Kier molecular flexibility index (Phi) is 7.93. The monoisotopic (exact) mass is 356 g/mol. The first kappa shape index (κ1) is 22.0. The average Bonchev–Trinajstić information content (AvgIpc) is 2.53. The molecule has 3 atom stereocenters. The fourth-order valence-electron chi connectivity index (χ4n) is 3.45. The summed E-state index contributed by atoms with van der Waals surface area (Å²) in [6.07, 6.45) is 7.04. The van der Waals surface area contributed by atoms with E-state index in [1.165, 1.54) is 30.4 Å². The molecule has 0 heterocycles. The van der Waals surface area contributed by atoms with Crippen LogP contribution in [0.3, 0.4) is 0 Å². The fourth-order valence-corrected chi connectivity index (χ4v) is 4.62. The molecule has 1 aromatic carbocycles. The first-order chi connectivity index (χ1) is 11.5. The van der Waals surface area contributed by atoms with Crippen molar-refractivity contribution in [2.24, 2.45) is 11.3 Å². The van der Waals surface area contributed by atoms with E-state index in [1.807, 2.05) is 0 Å². The van der Waals surface area contributed by atoms with Gasteiger partial charge in [0.05, 0.1) is 8.07 Å². The van der Waals surface area contributed by atoms with Gasteiger partial charge in [0.2, 0.25) is 0 Å². The minimum Gasteiger partial charge on any atom is -0.103 e. The van der Waals surface area contributed by atoms with Gasteiger partial charge >= 0.3 is 0 Å². The van der Waals surface area contributed by atoms with Crippen LogP contribution in [0.2, 0.25) is 19.6 Å². The third-order valence-electron chi connectivity index (χ3n) is 5.84. The van der Waals surface area contributed by atoms with E-state index in [9.17, 15) is 0 Å². The number of benzene rings is 1. The highest BCUT2D eigenvalue weighted by Gasteiger charge is 2.23. The van der Waals surface area contributed by atoms with Crippen LogP contribution in [0.1, 0.15) is 64.9 Å². The van der Waals surface area contributed by atoms with Crippen LogP contribution in [0.4, 0.5) is 0 Å². The lowest BCUT2D eigenvalue weighted by Gasteiger charge is -2.30. The van der Waals surface area contributed by atoms with Crippen LogP contribution >= 0.6 is 0 Å². The Bertz CT molecular complexity index is 561. The lowest BCUT2D eigenvalue weighted by molar-refractivity contribution is 0.305. The standard InChI is InChI=1S/C24H40Si/c1-10-24(6,18-21(5)19(2)3)17-11-12-20(4)22-13-15-23(16-14-22)25(7,8)9/h10,13-16,20-21H,1-2,11-12,17-18H2,3-9H3. The first-order valence-corrected chi connectivity index (χ1v) is 13.4. The van der Waals surface area contributed by atoms with Crippen LogP contribution in [0.15, 0.2) is 49.1 Å². The van der Waals surface area contributed by atoms with Gasteiger partial charge < -0.3 is 0 Å². The number of allylic oxidation sites excluding steroid dienone is 2. The minimum absolute atomic E-state index is 0.222.